The SMILES string of the molecule is NCCCN1c2ccc(Br)cc2CCc2cc(Br)ccc21. The molecule has 21 heavy (non-hydrogen) atoms. The summed E-state index contributed by atoms with van der Waals surface area (Å²) in [6.07, 6.45) is 3.12. The van der Waals surface area contributed by atoms with E-state index in [-0.39, 0.29) is 0 Å². The fraction of sp³-hybridized carbons (Fsp3) is 0.294. The van der Waals surface area contributed by atoms with Gasteiger partial charge in [0.05, 0.1) is 0 Å². The van der Waals surface area contributed by atoms with Gasteiger partial charge < -0.3 is 10.6 Å². The average molecular weight is 410 g/mol. The van der Waals surface area contributed by atoms with E-state index < -0.39 is 0 Å². The van der Waals surface area contributed by atoms with Gasteiger partial charge in [-0.15, -0.1) is 0 Å². The van der Waals surface area contributed by atoms with Gasteiger partial charge in [-0.2, -0.15) is 0 Å². The van der Waals surface area contributed by atoms with Crippen molar-refractivity contribution in [1.82, 2.24) is 0 Å². The Balaban J connectivity index is 2.10. The summed E-state index contributed by atoms with van der Waals surface area (Å²) in [5, 5.41) is 0. The summed E-state index contributed by atoms with van der Waals surface area (Å²) in [7, 11) is 0. The quantitative estimate of drug-likeness (QED) is 0.788. The molecule has 2 aromatic carbocycles. The lowest BCUT2D eigenvalue weighted by Gasteiger charge is -2.27. The van der Waals surface area contributed by atoms with Crippen molar-refractivity contribution < 1.29 is 0 Å². The summed E-state index contributed by atoms with van der Waals surface area (Å²) in [4.78, 5) is 2.42. The molecular formula is C17H18Br2N2. The lowest BCUT2D eigenvalue weighted by Crippen LogP contribution is -2.22. The van der Waals surface area contributed by atoms with Crippen molar-refractivity contribution in [2.45, 2.75) is 19.3 Å². The number of benzene rings is 2. The molecule has 0 radical (unpaired) electrons. The van der Waals surface area contributed by atoms with E-state index in [4.69, 9.17) is 5.73 Å². The monoisotopic (exact) mass is 408 g/mol. The smallest absolute Gasteiger partial charge is 0.0444 e. The molecule has 0 bridgehead atoms. The van der Waals surface area contributed by atoms with Crippen LogP contribution in [0.25, 0.3) is 0 Å². The van der Waals surface area contributed by atoms with E-state index in [1.807, 2.05) is 0 Å². The molecule has 0 aromatic heterocycles. The molecule has 2 N–H and O–H groups in total. The Morgan fingerprint density at radius 1 is 0.905 bits per heavy atom. The van der Waals surface area contributed by atoms with Crippen LogP contribution in [0.3, 0.4) is 0 Å². The van der Waals surface area contributed by atoms with Crippen LogP contribution in [0, 0.1) is 0 Å². The Morgan fingerprint density at radius 2 is 1.43 bits per heavy atom. The summed E-state index contributed by atoms with van der Waals surface area (Å²) < 4.78 is 2.29. The lowest BCUT2D eigenvalue weighted by molar-refractivity contribution is 0.816. The highest BCUT2D eigenvalue weighted by atomic mass is 79.9. The molecule has 3 rings (SSSR count). The number of rotatable bonds is 3. The zero-order chi connectivity index (χ0) is 14.8. The second-order valence-electron chi connectivity index (χ2n) is 5.34. The standard InChI is InChI=1S/C17H18Br2N2/c18-14-4-6-16-12(10-14)2-3-13-11-15(19)5-7-17(13)21(16)9-1-8-20/h4-7,10-11H,1-3,8-9,20H2. The second kappa shape index (κ2) is 6.51. The predicted octanol–water partition coefficient (Wildman–Crippen LogP) is 4.80. The summed E-state index contributed by atoms with van der Waals surface area (Å²) in [6, 6.07) is 13.2. The van der Waals surface area contributed by atoms with Gasteiger partial charge in [0.15, 0.2) is 0 Å². The van der Waals surface area contributed by atoms with Gasteiger partial charge in [-0.05, 0) is 73.3 Å². The van der Waals surface area contributed by atoms with Gasteiger partial charge >= 0.3 is 0 Å². The summed E-state index contributed by atoms with van der Waals surface area (Å²) in [5.74, 6) is 0. The van der Waals surface area contributed by atoms with E-state index in [1.165, 1.54) is 22.5 Å². The van der Waals surface area contributed by atoms with E-state index in [9.17, 15) is 0 Å². The van der Waals surface area contributed by atoms with Gasteiger partial charge in [-0.25, -0.2) is 0 Å². The molecule has 0 unspecified atom stereocenters. The van der Waals surface area contributed by atoms with Crippen molar-refractivity contribution in [3.05, 3.63) is 56.5 Å². The predicted molar refractivity (Wildman–Crippen MR) is 96.4 cm³/mol. The van der Waals surface area contributed by atoms with Crippen LogP contribution in [-0.2, 0) is 12.8 Å². The van der Waals surface area contributed by atoms with Gasteiger partial charge in [-0.3, -0.25) is 0 Å². The molecule has 1 aliphatic rings. The third-order valence-corrected chi connectivity index (χ3v) is 4.90. The van der Waals surface area contributed by atoms with Crippen LogP contribution in [-0.4, -0.2) is 13.1 Å². The maximum absolute atomic E-state index is 5.73. The van der Waals surface area contributed by atoms with Crippen molar-refractivity contribution in [2.75, 3.05) is 18.0 Å². The van der Waals surface area contributed by atoms with Crippen molar-refractivity contribution >= 4 is 43.2 Å². The number of fused-ring (bicyclic) bond motifs is 2. The van der Waals surface area contributed by atoms with E-state index in [1.54, 1.807) is 0 Å². The Kier molecular flexibility index (Phi) is 4.67. The first-order chi connectivity index (χ1) is 10.2. The molecule has 0 aliphatic carbocycles. The first-order valence-electron chi connectivity index (χ1n) is 7.23. The van der Waals surface area contributed by atoms with Crippen molar-refractivity contribution in [1.29, 1.82) is 0 Å². The molecule has 2 nitrogen and oxygen atoms in total. The number of hydrogen-bond acceptors (Lipinski definition) is 2. The maximum Gasteiger partial charge on any atom is 0.0444 e. The van der Waals surface area contributed by atoms with Crippen LogP contribution in [0.4, 0.5) is 11.4 Å². The molecule has 0 atom stereocenters. The normalized spacial score (nSPS) is 13.6. The van der Waals surface area contributed by atoms with Crippen LogP contribution in [0.2, 0.25) is 0 Å². The van der Waals surface area contributed by atoms with Crippen LogP contribution in [0.5, 0.6) is 0 Å². The number of nitrogens with two attached hydrogens (primary N) is 1. The maximum atomic E-state index is 5.73. The molecule has 1 aliphatic heterocycles. The van der Waals surface area contributed by atoms with E-state index in [0.29, 0.717) is 6.54 Å². The largest absolute Gasteiger partial charge is 0.341 e. The Labute approximate surface area is 142 Å². The average Bonchev–Trinajstić information content (AvgIpc) is 2.61. The second-order valence-corrected chi connectivity index (χ2v) is 7.17. The highest BCUT2D eigenvalue weighted by Crippen LogP contribution is 2.38. The minimum absolute atomic E-state index is 0.716. The van der Waals surface area contributed by atoms with Crippen molar-refractivity contribution in [3.63, 3.8) is 0 Å². The number of anilines is 2. The van der Waals surface area contributed by atoms with Gasteiger partial charge in [0.2, 0.25) is 0 Å². The highest BCUT2D eigenvalue weighted by molar-refractivity contribution is 9.10. The van der Waals surface area contributed by atoms with Gasteiger partial charge in [0.25, 0.3) is 0 Å². The number of hydrogen-bond donors (Lipinski definition) is 1. The molecular weight excluding hydrogens is 392 g/mol. The molecule has 0 fully saturated rings. The van der Waals surface area contributed by atoms with E-state index >= 15 is 0 Å². The molecule has 1 heterocycles. The van der Waals surface area contributed by atoms with Crippen molar-refractivity contribution in [3.8, 4) is 0 Å². The molecule has 0 saturated carbocycles. The Hall–Kier alpha value is -0.840. The third-order valence-electron chi connectivity index (χ3n) is 3.91. The summed E-state index contributed by atoms with van der Waals surface area (Å²) in [5.41, 5.74) is 11.2. The Morgan fingerprint density at radius 3 is 1.90 bits per heavy atom. The zero-order valence-electron chi connectivity index (χ0n) is 11.8. The topological polar surface area (TPSA) is 29.3 Å². The number of nitrogens with zero attached hydrogens (tertiary/aromatic N) is 1. The third kappa shape index (κ3) is 3.17. The first-order valence-corrected chi connectivity index (χ1v) is 8.82. The van der Waals surface area contributed by atoms with Crippen LogP contribution >= 0.6 is 31.9 Å². The molecule has 2 aromatic rings. The lowest BCUT2D eigenvalue weighted by atomic mass is 10.0. The molecule has 0 amide bonds. The fourth-order valence-corrected chi connectivity index (χ4v) is 3.74. The minimum atomic E-state index is 0.716. The zero-order valence-corrected chi connectivity index (χ0v) is 15.0. The fourth-order valence-electron chi connectivity index (χ4n) is 2.92. The van der Waals surface area contributed by atoms with Crippen LogP contribution < -0.4 is 10.6 Å². The molecule has 0 saturated heterocycles. The van der Waals surface area contributed by atoms with Gasteiger partial charge in [-0.1, -0.05) is 31.9 Å². The number of halogens is 2. The molecule has 110 valence electrons. The first kappa shape index (κ1) is 15.1. The van der Waals surface area contributed by atoms with Gasteiger partial charge in [0.1, 0.15) is 0 Å². The minimum Gasteiger partial charge on any atom is -0.341 e. The van der Waals surface area contributed by atoms with E-state index in [0.717, 1.165) is 34.8 Å². The molecule has 4 heteroatoms. The van der Waals surface area contributed by atoms with Crippen LogP contribution in [0.15, 0.2) is 45.3 Å². The van der Waals surface area contributed by atoms with Gasteiger partial charge in [0, 0.05) is 26.9 Å². The molecule has 0 spiro atoms. The number of aryl methyl sites for hydroxylation is 2. The van der Waals surface area contributed by atoms with Crippen molar-refractivity contribution in [2.24, 2.45) is 5.73 Å². The summed E-state index contributed by atoms with van der Waals surface area (Å²) in [6.45, 7) is 1.67. The highest BCUT2D eigenvalue weighted by Gasteiger charge is 2.20. The Bertz CT molecular complexity index is 602. The van der Waals surface area contributed by atoms with E-state index in [2.05, 4.69) is 73.2 Å². The van der Waals surface area contributed by atoms with Crippen LogP contribution in [0.1, 0.15) is 17.5 Å². The summed E-state index contributed by atoms with van der Waals surface area (Å²) >= 11 is 7.18.